The minimum absolute atomic E-state index is 0.0607. The second-order valence-corrected chi connectivity index (χ2v) is 38.2. The van der Waals surface area contributed by atoms with Crippen LogP contribution in [0.3, 0.4) is 0 Å². The van der Waals surface area contributed by atoms with Gasteiger partial charge in [0.2, 0.25) is 0 Å². The van der Waals surface area contributed by atoms with Gasteiger partial charge >= 0.3 is 291 Å². The summed E-state index contributed by atoms with van der Waals surface area (Å²) in [7, 11) is 0. The fourth-order valence-electron chi connectivity index (χ4n) is 7.12. The Balaban J connectivity index is 5.24. The van der Waals surface area contributed by atoms with E-state index in [1.54, 1.807) is 0 Å². The first kappa shape index (κ1) is 57.9. The van der Waals surface area contributed by atoms with Gasteiger partial charge in [0.25, 0.3) is 0 Å². The van der Waals surface area contributed by atoms with Crippen LogP contribution >= 0.6 is 0 Å². The van der Waals surface area contributed by atoms with Gasteiger partial charge in [0.1, 0.15) is 0 Å². The van der Waals surface area contributed by atoms with Gasteiger partial charge in [0.15, 0.2) is 0 Å². The van der Waals surface area contributed by atoms with Crippen LogP contribution in [0.2, 0.25) is 17.7 Å². The predicted octanol–water partition coefficient (Wildman–Crippen LogP) is 17.4. The Labute approximate surface area is 376 Å². The van der Waals surface area contributed by atoms with Crippen molar-refractivity contribution in [3.05, 3.63) is 72.9 Å². The van der Waals surface area contributed by atoms with Gasteiger partial charge in [-0.1, -0.05) is 62.5 Å². The molecule has 0 bridgehead atoms. The van der Waals surface area contributed by atoms with Crippen LogP contribution in [0.1, 0.15) is 221 Å². The standard InChI is InChI=1S/2C18H30O2.4C4H9.O.2Sn/c2*1-2-3-4-5-6-7-8-9-10-11-12-13-14-15-16-17-18(19)20;4*1-3-4-2;;;/h2*3-4,6-7,9-10H,2,5,8,11-17H2,1H3,(H,19,20);4*1,3-4H2,2H3;;;/q;;;;;;;2*+1/p-2. The summed E-state index contributed by atoms with van der Waals surface area (Å²) in [4.78, 5) is 27.3. The van der Waals surface area contributed by atoms with E-state index in [2.05, 4.69) is 114 Å². The van der Waals surface area contributed by atoms with Crippen molar-refractivity contribution >= 4 is 50.3 Å². The molecule has 0 spiro atoms. The third-order valence-electron chi connectivity index (χ3n) is 10.7. The van der Waals surface area contributed by atoms with Gasteiger partial charge in [-0.3, -0.25) is 0 Å². The van der Waals surface area contributed by atoms with Crippen molar-refractivity contribution in [2.24, 2.45) is 0 Å². The molecule has 0 aliphatic rings. The first-order valence-electron chi connectivity index (χ1n) is 24.9. The number of hydrogen-bond acceptors (Lipinski definition) is 5. The number of carbonyl (C=O) groups is 2. The van der Waals surface area contributed by atoms with E-state index in [-0.39, 0.29) is 11.9 Å². The molecule has 0 unspecified atom stereocenters. The van der Waals surface area contributed by atoms with Gasteiger partial charge in [0.05, 0.1) is 0 Å². The van der Waals surface area contributed by atoms with Gasteiger partial charge < -0.3 is 0 Å². The molecule has 0 saturated carbocycles. The minimum atomic E-state index is -3.95. The Hall–Kier alpha value is -1.06. The molecule has 0 rings (SSSR count). The van der Waals surface area contributed by atoms with Crippen LogP contribution in [0, 0.1) is 0 Å². The topological polar surface area (TPSA) is 61.8 Å². The minimum Gasteiger partial charge on any atom is -0.0885 e. The Bertz CT molecular complexity index is 1050. The molecule has 0 aromatic rings. The molecular weight excluding hydrogens is 942 g/mol. The SMILES string of the molecule is CCC=CCC=CCC=CCCCCCCCC(=O)[O][Sn]([CH2]CCC)([CH2]CCC)[O][Sn]([CH2]CCC)([CH2]CCC)[O]C(=O)CCCCCCCC=CCC=CCC=CCC. The van der Waals surface area contributed by atoms with Crippen LogP contribution in [-0.4, -0.2) is 50.3 Å². The number of unbranched alkanes of at least 4 members (excludes halogenated alkanes) is 14. The summed E-state index contributed by atoms with van der Waals surface area (Å²) in [6.07, 6.45) is 55.6. The van der Waals surface area contributed by atoms with E-state index < -0.39 is 38.4 Å². The fraction of sp³-hybridized carbons (Fsp3) is 0.731. The Morgan fingerprint density at radius 2 is 0.644 bits per heavy atom. The third-order valence-corrected chi connectivity index (χ3v) is 43.2. The van der Waals surface area contributed by atoms with E-state index in [1.807, 2.05) is 0 Å². The zero-order valence-electron chi connectivity index (χ0n) is 39.6. The average Bonchev–Trinajstić information content (AvgIpc) is 3.23. The normalized spacial score (nSPS) is 12.8. The summed E-state index contributed by atoms with van der Waals surface area (Å²) < 4.78 is 24.5. The Morgan fingerprint density at radius 1 is 0.356 bits per heavy atom. The summed E-state index contributed by atoms with van der Waals surface area (Å²) in [5, 5.41) is 0. The van der Waals surface area contributed by atoms with Crippen molar-refractivity contribution in [3.8, 4) is 0 Å². The molecule has 59 heavy (non-hydrogen) atoms. The van der Waals surface area contributed by atoms with Gasteiger partial charge in [-0.25, -0.2) is 0 Å². The Kier molecular flexibility index (Phi) is 42.8. The molecule has 0 aromatic carbocycles. The van der Waals surface area contributed by atoms with Crippen molar-refractivity contribution in [1.82, 2.24) is 0 Å². The van der Waals surface area contributed by atoms with Crippen molar-refractivity contribution < 1.29 is 17.1 Å². The zero-order chi connectivity index (χ0) is 43.4. The van der Waals surface area contributed by atoms with Crippen LogP contribution in [0.15, 0.2) is 72.9 Å². The molecule has 7 heteroatoms. The molecule has 0 saturated heterocycles. The van der Waals surface area contributed by atoms with Crippen LogP contribution in [0.25, 0.3) is 0 Å². The van der Waals surface area contributed by atoms with Crippen molar-refractivity contribution in [2.45, 2.75) is 239 Å². The molecule has 0 aliphatic heterocycles. The van der Waals surface area contributed by atoms with Gasteiger partial charge in [-0.05, 0) is 25.7 Å². The molecule has 0 aromatic heterocycles. The molecule has 0 heterocycles. The molecule has 0 fully saturated rings. The predicted molar refractivity (Wildman–Crippen MR) is 262 cm³/mol. The van der Waals surface area contributed by atoms with Gasteiger partial charge in [0, 0.05) is 0 Å². The van der Waals surface area contributed by atoms with Crippen LogP contribution in [-0.2, 0) is 17.1 Å². The van der Waals surface area contributed by atoms with E-state index in [9.17, 15) is 9.59 Å². The molecule has 0 radical (unpaired) electrons. The van der Waals surface area contributed by atoms with Crippen LogP contribution in [0.4, 0.5) is 0 Å². The molecule has 0 N–H and O–H groups in total. The fourth-order valence-corrected chi connectivity index (χ4v) is 48.6. The van der Waals surface area contributed by atoms with E-state index in [4.69, 9.17) is 7.56 Å². The summed E-state index contributed by atoms with van der Waals surface area (Å²) >= 11 is -7.90. The van der Waals surface area contributed by atoms with Crippen molar-refractivity contribution in [3.63, 3.8) is 0 Å². The van der Waals surface area contributed by atoms with E-state index in [0.717, 1.165) is 159 Å². The number of hydrogen-bond donors (Lipinski definition) is 0. The molecule has 5 nitrogen and oxygen atoms in total. The molecule has 0 atom stereocenters. The average molecular weight is 1040 g/mol. The molecule has 340 valence electrons. The summed E-state index contributed by atoms with van der Waals surface area (Å²) in [6.45, 7) is 13.2. The van der Waals surface area contributed by atoms with Crippen molar-refractivity contribution in [2.75, 3.05) is 0 Å². The zero-order valence-corrected chi connectivity index (χ0v) is 45.3. The van der Waals surface area contributed by atoms with Crippen LogP contribution < -0.4 is 0 Å². The number of rotatable bonds is 42. The summed E-state index contributed by atoms with van der Waals surface area (Å²) in [6, 6.07) is 0. The van der Waals surface area contributed by atoms with Crippen LogP contribution in [0.5, 0.6) is 0 Å². The molecule has 0 aliphatic carbocycles. The maximum atomic E-state index is 13.7. The molecular formula is C52H94O5Sn2. The molecule has 0 amide bonds. The Morgan fingerprint density at radius 3 is 0.966 bits per heavy atom. The second-order valence-electron chi connectivity index (χ2n) is 16.5. The number of allylic oxidation sites excluding steroid dienone is 12. The number of carbonyl (C=O) groups excluding carboxylic acids is 2. The summed E-state index contributed by atoms with van der Waals surface area (Å²) in [5.74, 6) is -0.121. The smallest absolute Gasteiger partial charge is 0.0885 e. The van der Waals surface area contributed by atoms with E-state index in [1.165, 1.54) is 25.7 Å². The van der Waals surface area contributed by atoms with E-state index in [0.29, 0.717) is 12.8 Å². The van der Waals surface area contributed by atoms with E-state index >= 15 is 0 Å². The van der Waals surface area contributed by atoms with Crippen molar-refractivity contribution in [1.29, 1.82) is 0 Å². The first-order chi connectivity index (χ1) is 28.9. The monoisotopic (exact) mass is 1040 g/mol. The summed E-state index contributed by atoms with van der Waals surface area (Å²) in [5.41, 5.74) is 0. The van der Waals surface area contributed by atoms with Gasteiger partial charge in [-0.2, -0.15) is 0 Å². The quantitative estimate of drug-likeness (QED) is 0.0346. The first-order valence-corrected chi connectivity index (χ1v) is 37.6. The maximum absolute atomic E-state index is 13.7. The second kappa shape index (κ2) is 43.6. The van der Waals surface area contributed by atoms with Gasteiger partial charge in [-0.15, -0.1) is 0 Å². The third kappa shape index (κ3) is 36.2.